The molecule has 0 aliphatic carbocycles. The number of rotatable bonds is 5. The number of aromatic nitrogens is 1. The molecule has 4 aromatic rings. The number of ether oxygens (including phenoxy) is 1. The smallest absolute Gasteiger partial charge is 0.295 e. The van der Waals surface area contributed by atoms with Crippen molar-refractivity contribution < 1.29 is 13.9 Å². The number of morpholine rings is 1. The second-order valence-corrected chi connectivity index (χ2v) is 8.81. The van der Waals surface area contributed by atoms with Crippen LogP contribution in [0, 0.1) is 6.92 Å². The Morgan fingerprint density at radius 2 is 1.97 bits per heavy atom. The molecule has 0 bridgehead atoms. The van der Waals surface area contributed by atoms with E-state index < -0.39 is 0 Å². The molecule has 7 nitrogen and oxygen atoms in total. The molecular formula is C24H23N3O4S. The molecule has 0 radical (unpaired) electrons. The number of fused-ring (bicyclic) bond motifs is 2. The average Bonchev–Trinajstić information content (AvgIpc) is 3.25. The number of para-hydroxylation sites is 2. The summed E-state index contributed by atoms with van der Waals surface area (Å²) in [5, 5.41) is 1.06. The lowest BCUT2D eigenvalue weighted by atomic mass is 10.2. The number of carbonyl (C=O) groups excluding carboxylic acids is 1. The Morgan fingerprint density at radius 1 is 1.16 bits per heavy atom. The quantitative estimate of drug-likeness (QED) is 0.463. The number of amides is 1. The van der Waals surface area contributed by atoms with Gasteiger partial charge in [-0.1, -0.05) is 35.6 Å². The summed E-state index contributed by atoms with van der Waals surface area (Å²) in [7, 11) is 0. The third kappa shape index (κ3) is 4.04. The maximum absolute atomic E-state index is 13.6. The molecule has 1 saturated heterocycles. The summed E-state index contributed by atoms with van der Waals surface area (Å²) >= 11 is 1.47. The van der Waals surface area contributed by atoms with E-state index in [1.165, 1.54) is 17.4 Å². The number of carbonyl (C=O) groups is 1. The van der Waals surface area contributed by atoms with Crippen LogP contribution in [0.1, 0.15) is 16.1 Å². The summed E-state index contributed by atoms with van der Waals surface area (Å²) in [5.41, 5.74) is 2.11. The second kappa shape index (κ2) is 8.82. The zero-order chi connectivity index (χ0) is 22.1. The van der Waals surface area contributed by atoms with E-state index in [0.717, 1.165) is 28.9 Å². The summed E-state index contributed by atoms with van der Waals surface area (Å²) in [6.07, 6.45) is 0. The summed E-state index contributed by atoms with van der Waals surface area (Å²) in [6, 6.07) is 14.2. The fraction of sp³-hybridized carbons (Fsp3) is 0.292. The van der Waals surface area contributed by atoms with Gasteiger partial charge in [0.2, 0.25) is 0 Å². The van der Waals surface area contributed by atoms with Crippen LogP contribution in [0.25, 0.3) is 21.2 Å². The molecule has 0 unspecified atom stereocenters. The van der Waals surface area contributed by atoms with Gasteiger partial charge in [-0.15, -0.1) is 0 Å². The number of aryl methyl sites for hydroxylation is 1. The van der Waals surface area contributed by atoms with Gasteiger partial charge in [0.15, 0.2) is 16.3 Å². The maximum atomic E-state index is 13.6. The maximum Gasteiger partial charge on any atom is 0.295 e. The number of hydrogen-bond acceptors (Lipinski definition) is 7. The molecule has 2 aromatic heterocycles. The van der Waals surface area contributed by atoms with Crippen molar-refractivity contribution >= 4 is 43.6 Å². The van der Waals surface area contributed by atoms with Gasteiger partial charge in [0, 0.05) is 32.2 Å². The Morgan fingerprint density at radius 3 is 2.78 bits per heavy atom. The van der Waals surface area contributed by atoms with Crippen molar-refractivity contribution in [2.75, 3.05) is 44.3 Å². The van der Waals surface area contributed by atoms with Crippen molar-refractivity contribution in [3.8, 4) is 0 Å². The molecule has 32 heavy (non-hydrogen) atoms. The predicted octanol–water partition coefficient (Wildman–Crippen LogP) is 3.69. The van der Waals surface area contributed by atoms with Crippen LogP contribution in [0.2, 0.25) is 0 Å². The minimum atomic E-state index is -0.363. The zero-order valence-electron chi connectivity index (χ0n) is 17.7. The molecule has 164 valence electrons. The monoisotopic (exact) mass is 449 g/mol. The van der Waals surface area contributed by atoms with Gasteiger partial charge in [-0.2, -0.15) is 0 Å². The number of nitrogens with zero attached hydrogens (tertiary/aromatic N) is 3. The summed E-state index contributed by atoms with van der Waals surface area (Å²) in [4.78, 5) is 34.8. The standard InChI is InChI=1S/C24H23N3O4S/c1-16-5-4-8-21-22(16)25-24(32-21)27(10-9-26-11-13-30-14-12-26)23(29)20-15-18(28)17-6-2-3-7-19(17)31-20/h2-8,15H,9-14H2,1H3. The lowest BCUT2D eigenvalue weighted by Crippen LogP contribution is -2.43. The van der Waals surface area contributed by atoms with Gasteiger partial charge in [-0.05, 0) is 30.7 Å². The minimum Gasteiger partial charge on any atom is -0.451 e. The van der Waals surface area contributed by atoms with Gasteiger partial charge < -0.3 is 9.15 Å². The third-order valence-electron chi connectivity index (χ3n) is 5.67. The molecule has 2 aromatic carbocycles. The highest BCUT2D eigenvalue weighted by atomic mass is 32.1. The topological polar surface area (TPSA) is 75.9 Å². The van der Waals surface area contributed by atoms with E-state index in [4.69, 9.17) is 14.1 Å². The van der Waals surface area contributed by atoms with Crippen molar-refractivity contribution in [1.29, 1.82) is 0 Å². The number of thiazole rings is 1. The van der Waals surface area contributed by atoms with Crippen LogP contribution >= 0.6 is 11.3 Å². The lowest BCUT2D eigenvalue weighted by Gasteiger charge is -2.29. The van der Waals surface area contributed by atoms with Crippen LogP contribution < -0.4 is 10.3 Å². The number of benzene rings is 2. The predicted molar refractivity (Wildman–Crippen MR) is 126 cm³/mol. The van der Waals surface area contributed by atoms with Gasteiger partial charge in [-0.3, -0.25) is 19.4 Å². The summed E-state index contributed by atoms with van der Waals surface area (Å²) in [5.74, 6) is -0.343. The molecule has 0 N–H and O–H groups in total. The van der Waals surface area contributed by atoms with Gasteiger partial charge in [0.25, 0.3) is 5.91 Å². The Balaban J connectivity index is 1.52. The van der Waals surface area contributed by atoms with Crippen molar-refractivity contribution in [3.05, 3.63) is 70.1 Å². The Labute approximate surface area is 188 Å². The van der Waals surface area contributed by atoms with Crippen LogP contribution in [-0.4, -0.2) is 55.2 Å². The van der Waals surface area contributed by atoms with Crippen molar-refractivity contribution in [3.63, 3.8) is 0 Å². The minimum absolute atomic E-state index is 0.0201. The van der Waals surface area contributed by atoms with Crippen molar-refractivity contribution in [1.82, 2.24) is 9.88 Å². The van der Waals surface area contributed by atoms with Crippen LogP contribution in [0.5, 0.6) is 0 Å². The second-order valence-electron chi connectivity index (χ2n) is 7.80. The van der Waals surface area contributed by atoms with Crippen molar-refractivity contribution in [2.45, 2.75) is 6.92 Å². The largest absolute Gasteiger partial charge is 0.451 e. The molecule has 5 rings (SSSR count). The molecule has 0 atom stereocenters. The highest BCUT2D eigenvalue weighted by Crippen LogP contribution is 2.31. The van der Waals surface area contributed by atoms with E-state index in [0.29, 0.717) is 42.4 Å². The fourth-order valence-corrected chi connectivity index (χ4v) is 4.95. The van der Waals surface area contributed by atoms with E-state index in [1.54, 1.807) is 29.2 Å². The molecule has 3 heterocycles. The molecule has 1 aliphatic rings. The average molecular weight is 450 g/mol. The third-order valence-corrected chi connectivity index (χ3v) is 6.72. The Bertz CT molecular complexity index is 1340. The number of anilines is 1. The van der Waals surface area contributed by atoms with Gasteiger partial charge in [0.05, 0.1) is 28.8 Å². The van der Waals surface area contributed by atoms with Crippen molar-refractivity contribution in [2.24, 2.45) is 0 Å². The highest BCUT2D eigenvalue weighted by molar-refractivity contribution is 7.22. The summed E-state index contributed by atoms with van der Waals surface area (Å²) in [6.45, 7) is 6.16. The zero-order valence-corrected chi connectivity index (χ0v) is 18.6. The lowest BCUT2D eigenvalue weighted by molar-refractivity contribution is 0.0390. The van der Waals surface area contributed by atoms with E-state index in [1.807, 2.05) is 25.1 Å². The van der Waals surface area contributed by atoms with Gasteiger partial charge in [-0.25, -0.2) is 4.98 Å². The van der Waals surface area contributed by atoms with E-state index >= 15 is 0 Å². The molecule has 0 saturated carbocycles. The molecule has 0 spiro atoms. The highest BCUT2D eigenvalue weighted by Gasteiger charge is 2.25. The van der Waals surface area contributed by atoms with Crippen LogP contribution in [0.3, 0.4) is 0 Å². The van der Waals surface area contributed by atoms with E-state index in [9.17, 15) is 9.59 Å². The van der Waals surface area contributed by atoms with Crippen LogP contribution in [0.15, 0.2) is 57.7 Å². The van der Waals surface area contributed by atoms with E-state index in [-0.39, 0.29) is 17.1 Å². The normalized spacial score (nSPS) is 14.8. The molecule has 1 fully saturated rings. The summed E-state index contributed by atoms with van der Waals surface area (Å²) < 4.78 is 12.3. The molecule has 1 aliphatic heterocycles. The SMILES string of the molecule is Cc1cccc2sc(N(CCN3CCOCC3)C(=O)c3cc(=O)c4ccccc4o3)nc12. The van der Waals surface area contributed by atoms with Crippen LogP contribution in [-0.2, 0) is 4.74 Å². The van der Waals surface area contributed by atoms with Gasteiger partial charge in [0.1, 0.15) is 5.58 Å². The first-order chi connectivity index (χ1) is 15.6. The van der Waals surface area contributed by atoms with Gasteiger partial charge >= 0.3 is 0 Å². The molecule has 8 heteroatoms. The fourth-order valence-electron chi connectivity index (χ4n) is 3.88. The number of hydrogen-bond donors (Lipinski definition) is 0. The first-order valence-electron chi connectivity index (χ1n) is 10.6. The van der Waals surface area contributed by atoms with Crippen LogP contribution in [0.4, 0.5) is 5.13 Å². The molecule has 1 amide bonds. The first kappa shape index (κ1) is 20.8. The Hall–Kier alpha value is -3.07. The first-order valence-corrected chi connectivity index (χ1v) is 11.4. The Kier molecular flexibility index (Phi) is 5.73. The van der Waals surface area contributed by atoms with E-state index in [2.05, 4.69) is 4.90 Å². The molecular weight excluding hydrogens is 426 g/mol.